The third-order valence-electron chi connectivity index (χ3n) is 11.0. The van der Waals surface area contributed by atoms with Crippen molar-refractivity contribution in [2.45, 2.75) is 136 Å². The molecule has 5 amide bonds. The molecule has 296 valence electrons. The van der Waals surface area contributed by atoms with Crippen molar-refractivity contribution in [2.24, 2.45) is 11.3 Å². The molecule has 3 heterocycles. The van der Waals surface area contributed by atoms with Crippen LogP contribution >= 0.6 is 0 Å². The van der Waals surface area contributed by atoms with Crippen molar-refractivity contribution in [1.82, 2.24) is 34.9 Å². The van der Waals surface area contributed by atoms with Crippen LogP contribution in [-0.4, -0.2) is 117 Å². The smallest absolute Gasteiger partial charge is 0.408 e. The van der Waals surface area contributed by atoms with E-state index in [2.05, 4.69) is 25.8 Å². The van der Waals surface area contributed by atoms with E-state index in [1.165, 1.54) is 12.8 Å². The Morgan fingerprint density at radius 2 is 1.38 bits per heavy atom. The molecule has 2 aliphatic heterocycles. The summed E-state index contributed by atoms with van der Waals surface area (Å²) in [6.07, 6.45) is 9.11. The number of piperidine rings is 1. The molecule has 0 aromatic carbocycles. The Kier molecular flexibility index (Phi) is 12.0. The predicted octanol–water partition coefficient (Wildman–Crippen LogP) is 4.72. The van der Waals surface area contributed by atoms with E-state index >= 15 is 0 Å². The minimum atomic E-state index is -1.18. The highest BCUT2D eigenvalue weighted by Gasteiger charge is 2.47. The van der Waals surface area contributed by atoms with Gasteiger partial charge in [0.15, 0.2) is 0 Å². The quantitative estimate of drug-likeness (QED) is 0.358. The first kappa shape index (κ1) is 40.3. The number of carbonyl (C=O) groups is 4. The number of piperazine rings is 1. The molecule has 4 fully saturated rings. The van der Waals surface area contributed by atoms with Gasteiger partial charge in [0.05, 0.1) is 0 Å². The Bertz CT molecular complexity index is 1530. The first-order chi connectivity index (χ1) is 24.7. The van der Waals surface area contributed by atoms with Crippen LogP contribution in [0.1, 0.15) is 113 Å². The molecule has 0 radical (unpaired) electrons. The Hall–Kier alpha value is -3.88. The third kappa shape index (κ3) is 11.1. The number of anilines is 1. The second kappa shape index (κ2) is 15.8. The van der Waals surface area contributed by atoms with Gasteiger partial charge >= 0.3 is 23.9 Å². The van der Waals surface area contributed by atoms with Gasteiger partial charge in [-0.1, -0.05) is 0 Å². The maximum absolute atomic E-state index is 13.2. The number of rotatable bonds is 7. The molecular formula is C38H62N8O7. The number of nitrogens with one attached hydrogen (secondary N) is 3. The van der Waals surface area contributed by atoms with Crippen molar-refractivity contribution < 1.29 is 28.7 Å². The standard InChI is InChI=1S/C38H62N8O7/c1-35(2,3)52-33(50)39-27-23-38(24-27)14-17-43(18-15-38)25-26-9-11-28(12-10-26)46-16-13-29(41-32(46)49)40-31(48)45-21-19-44(20-22-45)30(47)37(7,8)42-34(51)53-36(4,5)6/h13,16,26-28H,9-12,14-15,17-25H2,1-8H3,(H,39,50)(H,42,51)(H,40,41,48,49). The SMILES string of the molecule is CC(C)(C)OC(=O)NC1CC2(CCN(CC3CCC(n4ccc(NC(=O)N5CCN(C(=O)C(C)(C)NC(=O)OC(C)(C)C)CC5)nc4=O)CC3)CC2)C1. The van der Waals surface area contributed by atoms with Crippen LogP contribution in [0.15, 0.2) is 17.1 Å². The van der Waals surface area contributed by atoms with Gasteiger partial charge in [-0.2, -0.15) is 4.98 Å². The molecule has 4 aliphatic rings. The molecule has 2 aliphatic carbocycles. The highest BCUT2D eigenvalue weighted by atomic mass is 16.6. The number of aromatic nitrogens is 2. The van der Waals surface area contributed by atoms with Gasteiger partial charge in [-0.05, 0) is 137 Å². The molecule has 15 heteroatoms. The minimum Gasteiger partial charge on any atom is -0.444 e. The number of urea groups is 1. The zero-order chi connectivity index (χ0) is 38.8. The fourth-order valence-corrected chi connectivity index (χ4v) is 8.22. The van der Waals surface area contributed by atoms with Gasteiger partial charge in [-0.3, -0.25) is 14.7 Å². The molecule has 3 N–H and O–H groups in total. The number of hydrogen-bond acceptors (Lipinski definition) is 9. The molecule has 1 aromatic rings. The lowest BCUT2D eigenvalue weighted by Gasteiger charge is -2.52. The second-order valence-corrected chi connectivity index (χ2v) is 18.2. The minimum absolute atomic E-state index is 0.0877. The molecule has 0 atom stereocenters. The largest absolute Gasteiger partial charge is 0.444 e. The fraction of sp³-hybridized carbons (Fsp3) is 0.789. The van der Waals surface area contributed by atoms with Crippen LogP contribution in [0.3, 0.4) is 0 Å². The molecular weight excluding hydrogens is 680 g/mol. The summed E-state index contributed by atoms with van der Waals surface area (Å²) in [5.74, 6) is 0.544. The Morgan fingerprint density at radius 3 is 1.94 bits per heavy atom. The number of ether oxygens (including phenoxy) is 2. The average molecular weight is 743 g/mol. The topological polar surface area (TPSA) is 167 Å². The van der Waals surface area contributed by atoms with Crippen molar-refractivity contribution in [3.63, 3.8) is 0 Å². The molecule has 1 aromatic heterocycles. The predicted molar refractivity (Wildman–Crippen MR) is 201 cm³/mol. The summed E-state index contributed by atoms with van der Waals surface area (Å²) in [7, 11) is 0. The molecule has 53 heavy (non-hydrogen) atoms. The van der Waals surface area contributed by atoms with E-state index in [0.29, 0.717) is 37.5 Å². The Labute approximate surface area is 313 Å². The van der Waals surface area contributed by atoms with Gasteiger partial charge in [-0.15, -0.1) is 0 Å². The number of alkyl carbamates (subject to hydrolysis) is 2. The van der Waals surface area contributed by atoms with Crippen molar-refractivity contribution in [3.8, 4) is 0 Å². The molecule has 5 rings (SSSR count). The van der Waals surface area contributed by atoms with Crippen LogP contribution in [0.2, 0.25) is 0 Å². The van der Waals surface area contributed by atoms with Crippen molar-refractivity contribution in [1.29, 1.82) is 0 Å². The number of hydrogen-bond donors (Lipinski definition) is 3. The maximum atomic E-state index is 13.2. The van der Waals surface area contributed by atoms with Crippen LogP contribution in [0.5, 0.6) is 0 Å². The summed E-state index contributed by atoms with van der Waals surface area (Å²) in [4.78, 5) is 73.6. The summed E-state index contributed by atoms with van der Waals surface area (Å²) >= 11 is 0. The van der Waals surface area contributed by atoms with E-state index in [1.54, 1.807) is 61.2 Å². The summed E-state index contributed by atoms with van der Waals surface area (Å²) in [6.45, 7) is 18.6. The van der Waals surface area contributed by atoms with Gasteiger partial charge in [0.25, 0.3) is 0 Å². The molecule has 2 saturated carbocycles. The lowest BCUT2D eigenvalue weighted by molar-refractivity contribution is -0.138. The van der Waals surface area contributed by atoms with Gasteiger partial charge in [0, 0.05) is 51.0 Å². The van der Waals surface area contributed by atoms with E-state index < -0.39 is 22.8 Å². The monoisotopic (exact) mass is 742 g/mol. The van der Waals surface area contributed by atoms with Gasteiger partial charge in [0.2, 0.25) is 5.91 Å². The summed E-state index contributed by atoms with van der Waals surface area (Å²) in [5, 5.41) is 8.43. The van der Waals surface area contributed by atoms with Gasteiger partial charge in [-0.25, -0.2) is 19.2 Å². The van der Waals surface area contributed by atoms with Crippen molar-refractivity contribution >= 4 is 29.9 Å². The molecule has 2 saturated heterocycles. The highest BCUT2D eigenvalue weighted by Crippen LogP contribution is 2.49. The zero-order valence-electron chi connectivity index (χ0n) is 33.1. The Balaban J connectivity index is 1.00. The normalized spacial score (nSPS) is 22.8. The number of nitrogens with zero attached hydrogens (tertiary/aromatic N) is 5. The van der Waals surface area contributed by atoms with E-state index in [1.807, 2.05) is 20.8 Å². The fourth-order valence-electron chi connectivity index (χ4n) is 8.22. The zero-order valence-corrected chi connectivity index (χ0v) is 33.1. The molecule has 0 bridgehead atoms. The Morgan fingerprint density at radius 1 is 0.811 bits per heavy atom. The first-order valence-corrected chi connectivity index (χ1v) is 19.4. The lowest BCUT2D eigenvalue weighted by atomic mass is 9.60. The first-order valence-electron chi connectivity index (χ1n) is 19.4. The molecule has 0 unspecified atom stereocenters. The molecule has 15 nitrogen and oxygen atoms in total. The van der Waals surface area contributed by atoms with Gasteiger partial charge in [0.1, 0.15) is 22.6 Å². The van der Waals surface area contributed by atoms with E-state index in [-0.39, 0.29) is 41.6 Å². The summed E-state index contributed by atoms with van der Waals surface area (Å²) in [6, 6.07) is 1.59. The maximum Gasteiger partial charge on any atom is 0.408 e. The van der Waals surface area contributed by atoms with Crippen molar-refractivity contribution in [2.75, 3.05) is 51.1 Å². The number of carbonyl (C=O) groups excluding carboxylic acids is 4. The van der Waals surface area contributed by atoms with Crippen LogP contribution in [0.25, 0.3) is 0 Å². The number of amides is 5. The highest BCUT2D eigenvalue weighted by molar-refractivity contribution is 5.90. The number of likely N-dealkylation sites (tertiary alicyclic amines) is 1. The van der Waals surface area contributed by atoms with Gasteiger partial charge < -0.3 is 34.8 Å². The van der Waals surface area contributed by atoms with Crippen LogP contribution < -0.4 is 21.6 Å². The van der Waals surface area contributed by atoms with E-state index in [4.69, 9.17) is 9.47 Å². The van der Waals surface area contributed by atoms with E-state index in [0.717, 1.165) is 58.2 Å². The van der Waals surface area contributed by atoms with Crippen LogP contribution in [0, 0.1) is 11.3 Å². The third-order valence-corrected chi connectivity index (χ3v) is 11.0. The summed E-state index contributed by atoms with van der Waals surface area (Å²) < 4.78 is 12.4. The summed E-state index contributed by atoms with van der Waals surface area (Å²) in [5.41, 5.74) is -2.37. The van der Waals surface area contributed by atoms with Crippen molar-refractivity contribution in [3.05, 3.63) is 22.7 Å². The lowest BCUT2D eigenvalue weighted by Crippen LogP contribution is -2.60. The second-order valence-electron chi connectivity index (χ2n) is 18.2. The van der Waals surface area contributed by atoms with E-state index in [9.17, 15) is 24.0 Å². The van der Waals surface area contributed by atoms with Crippen LogP contribution in [0.4, 0.5) is 20.2 Å². The molecule has 1 spiro atoms. The average Bonchev–Trinajstić information content (AvgIpc) is 3.03. The van der Waals surface area contributed by atoms with Crippen LogP contribution in [-0.2, 0) is 14.3 Å².